The third-order valence-electron chi connectivity index (χ3n) is 2.90. The van der Waals surface area contributed by atoms with Crippen LogP contribution < -0.4 is 0 Å². The van der Waals surface area contributed by atoms with Crippen LogP contribution in [0.2, 0.25) is 0 Å². The second kappa shape index (κ2) is 6.89. The highest BCUT2D eigenvalue weighted by Crippen LogP contribution is 2.23. The Bertz CT molecular complexity index is 560. The summed E-state index contributed by atoms with van der Waals surface area (Å²) in [4.78, 5) is 16.1. The predicted octanol–water partition coefficient (Wildman–Crippen LogP) is 3.40. The summed E-state index contributed by atoms with van der Waals surface area (Å²) in [6.45, 7) is 4.24. The second-order valence-corrected chi connectivity index (χ2v) is 4.49. The summed E-state index contributed by atoms with van der Waals surface area (Å²) in [5.74, 6) is 0.901. The summed E-state index contributed by atoms with van der Waals surface area (Å²) in [7, 11) is 0. The zero-order valence-corrected chi connectivity index (χ0v) is 11.9. The minimum atomic E-state index is -0.277. The number of benzene rings is 1. The first-order valence-electron chi connectivity index (χ1n) is 6.94. The minimum Gasteiger partial charge on any atom is -0.466 e. The molecule has 0 atom stereocenters. The molecule has 0 aliphatic heterocycles. The number of nitrogens with zero attached hydrogens (tertiary/aromatic N) is 1. The fraction of sp³-hybridized carbons (Fsp3) is 0.375. The van der Waals surface area contributed by atoms with Gasteiger partial charge in [-0.1, -0.05) is 31.5 Å². The van der Waals surface area contributed by atoms with Gasteiger partial charge < -0.3 is 9.15 Å². The van der Waals surface area contributed by atoms with Crippen LogP contribution in [0.25, 0.3) is 11.5 Å². The number of carbonyl (C=O) groups excluding carboxylic acids is 1. The van der Waals surface area contributed by atoms with Crippen LogP contribution in [0.15, 0.2) is 34.7 Å². The van der Waals surface area contributed by atoms with Gasteiger partial charge in [0, 0.05) is 5.56 Å². The van der Waals surface area contributed by atoms with Gasteiger partial charge in [-0.15, -0.1) is 0 Å². The molecule has 1 aromatic heterocycles. The number of ether oxygens (including phenoxy) is 1. The second-order valence-electron chi connectivity index (χ2n) is 4.49. The number of esters is 1. The van der Waals surface area contributed by atoms with Gasteiger partial charge in [-0.25, -0.2) is 4.98 Å². The Balaban J connectivity index is 2.26. The van der Waals surface area contributed by atoms with Gasteiger partial charge in [0.25, 0.3) is 0 Å². The first-order chi connectivity index (χ1) is 9.74. The monoisotopic (exact) mass is 273 g/mol. The molecule has 0 radical (unpaired) electrons. The van der Waals surface area contributed by atoms with Crippen molar-refractivity contribution in [1.29, 1.82) is 0 Å². The summed E-state index contributed by atoms with van der Waals surface area (Å²) in [5.41, 5.74) is 1.76. The van der Waals surface area contributed by atoms with Crippen molar-refractivity contribution in [2.24, 2.45) is 0 Å². The van der Waals surface area contributed by atoms with Crippen LogP contribution in [0.3, 0.4) is 0 Å². The maximum Gasteiger partial charge on any atom is 0.313 e. The van der Waals surface area contributed by atoms with E-state index in [1.807, 2.05) is 30.3 Å². The van der Waals surface area contributed by atoms with Crippen LogP contribution in [-0.2, 0) is 22.4 Å². The number of aromatic nitrogens is 1. The van der Waals surface area contributed by atoms with E-state index < -0.39 is 0 Å². The average molecular weight is 273 g/mol. The number of hydrogen-bond acceptors (Lipinski definition) is 4. The molecule has 0 saturated carbocycles. The van der Waals surface area contributed by atoms with Gasteiger partial charge in [0.2, 0.25) is 5.89 Å². The number of aryl methyl sites for hydroxylation is 1. The maximum atomic E-state index is 11.6. The van der Waals surface area contributed by atoms with Crippen molar-refractivity contribution in [3.63, 3.8) is 0 Å². The lowest BCUT2D eigenvalue weighted by molar-refractivity contribution is -0.142. The lowest BCUT2D eigenvalue weighted by atomic mass is 10.2. The number of hydrogen-bond donors (Lipinski definition) is 0. The van der Waals surface area contributed by atoms with Crippen LogP contribution in [0.5, 0.6) is 0 Å². The molecule has 0 aliphatic rings. The largest absolute Gasteiger partial charge is 0.466 e. The van der Waals surface area contributed by atoms with E-state index >= 15 is 0 Å². The molecule has 2 aromatic rings. The lowest BCUT2D eigenvalue weighted by Crippen LogP contribution is -2.08. The molecule has 0 unspecified atom stereocenters. The highest BCUT2D eigenvalue weighted by atomic mass is 16.5. The lowest BCUT2D eigenvalue weighted by Gasteiger charge is -2.00. The van der Waals surface area contributed by atoms with Crippen molar-refractivity contribution in [1.82, 2.24) is 4.98 Å². The molecular formula is C16H19NO3. The highest BCUT2D eigenvalue weighted by molar-refractivity contribution is 5.72. The van der Waals surface area contributed by atoms with Crippen molar-refractivity contribution < 1.29 is 13.9 Å². The zero-order chi connectivity index (χ0) is 14.4. The smallest absolute Gasteiger partial charge is 0.313 e. The standard InChI is InChI=1S/C16H19NO3/c1-3-8-13-14(11-15(18)19-4-2)20-16(17-13)12-9-6-5-7-10-12/h5-7,9-10H,3-4,8,11H2,1-2H3. The van der Waals surface area contributed by atoms with Crippen LogP contribution in [-0.4, -0.2) is 17.6 Å². The Morgan fingerprint density at radius 3 is 2.65 bits per heavy atom. The third kappa shape index (κ3) is 3.47. The molecule has 0 fully saturated rings. The fourth-order valence-corrected chi connectivity index (χ4v) is 2.00. The first-order valence-corrected chi connectivity index (χ1v) is 6.94. The molecule has 4 heteroatoms. The van der Waals surface area contributed by atoms with E-state index in [4.69, 9.17) is 9.15 Å². The molecule has 0 saturated heterocycles. The van der Waals surface area contributed by atoms with Crippen LogP contribution in [0, 0.1) is 0 Å². The van der Waals surface area contributed by atoms with Crippen LogP contribution in [0.1, 0.15) is 31.7 Å². The van der Waals surface area contributed by atoms with E-state index in [2.05, 4.69) is 11.9 Å². The zero-order valence-electron chi connectivity index (χ0n) is 11.9. The molecule has 1 heterocycles. The van der Waals surface area contributed by atoms with Crippen molar-refractivity contribution >= 4 is 5.97 Å². The quantitative estimate of drug-likeness (QED) is 0.757. The van der Waals surface area contributed by atoms with E-state index in [0.717, 1.165) is 24.1 Å². The summed E-state index contributed by atoms with van der Waals surface area (Å²) >= 11 is 0. The number of oxazole rings is 1. The van der Waals surface area contributed by atoms with E-state index in [0.29, 0.717) is 18.3 Å². The van der Waals surface area contributed by atoms with E-state index in [9.17, 15) is 4.79 Å². The topological polar surface area (TPSA) is 52.3 Å². The first kappa shape index (κ1) is 14.3. The minimum absolute atomic E-state index is 0.142. The summed E-state index contributed by atoms with van der Waals surface area (Å²) in [6.07, 6.45) is 1.89. The molecule has 0 bridgehead atoms. The SMILES string of the molecule is CCCc1nc(-c2ccccc2)oc1CC(=O)OCC. The van der Waals surface area contributed by atoms with E-state index in [1.165, 1.54) is 0 Å². The van der Waals surface area contributed by atoms with Crippen LogP contribution >= 0.6 is 0 Å². The van der Waals surface area contributed by atoms with Gasteiger partial charge in [-0.3, -0.25) is 4.79 Å². The van der Waals surface area contributed by atoms with Crippen molar-refractivity contribution in [3.8, 4) is 11.5 Å². The Kier molecular flexibility index (Phi) is 4.93. The molecule has 2 rings (SSSR count). The third-order valence-corrected chi connectivity index (χ3v) is 2.90. The van der Waals surface area contributed by atoms with Gasteiger partial charge in [-0.05, 0) is 25.5 Å². The molecule has 1 aromatic carbocycles. The Labute approximate surface area is 118 Å². The predicted molar refractivity (Wildman–Crippen MR) is 76.3 cm³/mol. The fourth-order valence-electron chi connectivity index (χ4n) is 2.00. The summed E-state index contributed by atoms with van der Waals surface area (Å²) in [5, 5.41) is 0. The van der Waals surface area contributed by atoms with E-state index in [-0.39, 0.29) is 12.4 Å². The summed E-state index contributed by atoms with van der Waals surface area (Å²) < 4.78 is 10.7. The molecule has 0 N–H and O–H groups in total. The van der Waals surface area contributed by atoms with Gasteiger partial charge in [-0.2, -0.15) is 0 Å². The van der Waals surface area contributed by atoms with Gasteiger partial charge in [0.15, 0.2) is 0 Å². The average Bonchev–Trinajstić information content (AvgIpc) is 2.84. The summed E-state index contributed by atoms with van der Waals surface area (Å²) in [6, 6.07) is 9.69. The molecular weight excluding hydrogens is 254 g/mol. The number of carbonyl (C=O) groups is 1. The van der Waals surface area contributed by atoms with Crippen molar-refractivity contribution in [2.75, 3.05) is 6.61 Å². The Morgan fingerprint density at radius 1 is 1.25 bits per heavy atom. The van der Waals surface area contributed by atoms with E-state index in [1.54, 1.807) is 6.92 Å². The van der Waals surface area contributed by atoms with Gasteiger partial charge in [0.1, 0.15) is 12.2 Å². The Morgan fingerprint density at radius 2 is 2.00 bits per heavy atom. The Hall–Kier alpha value is -2.10. The van der Waals surface area contributed by atoms with Crippen molar-refractivity contribution in [3.05, 3.63) is 41.8 Å². The number of rotatable bonds is 6. The van der Waals surface area contributed by atoms with Crippen molar-refractivity contribution in [2.45, 2.75) is 33.1 Å². The molecule has 0 spiro atoms. The van der Waals surface area contributed by atoms with Gasteiger partial charge in [0.05, 0.1) is 12.3 Å². The van der Waals surface area contributed by atoms with Crippen LogP contribution in [0.4, 0.5) is 0 Å². The molecule has 0 aliphatic carbocycles. The maximum absolute atomic E-state index is 11.6. The van der Waals surface area contributed by atoms with Gasteiger partial charge >= 0.3 is 5.97 Å². The normalized spacial score (nSPS) is 10.5. The molecule has 4 nitrogen and oxygen atoms in total. The molecule has 20 heavy (non-hydrogen) atoms. The molecule has 0 amide bonds. The highest BCUT2D eigenvalue weighted by Gasteiger charge is 2.17. The molecule has 106 valence electrons.